The fourth-order valence-corrected chi connectivity index (χ4v) is 2.51. The maximum absolute atomic E-state index is 12.2. The maximum Gasteiger partial charge on any atom is 0.181 e. The highest BCUT2D eigenvalue weighted by molar-refractivity contribution is 9.10. The Morgan fingerprint density at radius 1 is 1.14 bits per heavy atom. The van der Waals surface area contributed by atoms with Gasteiger partial charge < -0.3 is 10.1 Å². The average molecular weight is 362 g/mol. The molecule has 0 aliphatic carbocycles. The predicted molar refractivity (Wildman–Crippen MR) is 90.0 cm³/mol. The molecule has 0 unspecified atom stereocenters. The van der Waals surface area contributed by atoms with Gasteiger partial charge in [0.2, 0.25) is 0 Å². The fraction of sp³-hybridized carbons (Fsp3) is 0.176. The molecule has 0 bridgehead atoms. The van der Waals surface area contributed by atoms with Crippen LogP contribution in [0, 0.1) is 0 Å². The summed E-state index contributed by atoms with van der Waals surface area (Å²) in [4.78, 5) is 23.5. The van der Waals surface area contributed by atoms with Gasteiger partial charge in [0.15, 0.2) is 11.6 Å². The molecule has 0 atom stereocenters. The first-order valence-electron chi connectivity index (χ1n) is 6.73. The van der Waals surface area contributed by atoms with Crippen LogP contribution in [0.5, 0.6) is 5.75 Å². The Morgan fingerprint density at radius 2 is 1.91 bits per heavy atom. The van der Waals surface area contributed by atoms with Crippen LogP contribution in [0.15, 0.2) is 46.9 Å². The van der Waals surface area contributed by atoms with E-state index < -0.39 is 0 Å². The van der Waals surface area contributed by atoms with Gasteiger partial charge in [-0.05, 0) is 53.2 Å². The smallest absolute Gasteiger partial charge is 0.181 e. The van der Waals surface area contributed by atoms with Crippen LogP contribution in [0.1, 0.15) is 27.6 Å². The Labute approximate surface area is 137 Å². The number of Topliss-reactive ketones (excluding diaryl/α,β-unsaturated/α-hetero) is 2. The summed E-state index contributed by atoms with van der Waals surface area (Å²) in [6.45, 7) is 1.67. The van der Waals surface area contributed by atoms with Gasteiger partial charge in [0.05, 0.1) is 18.1 Å². The van der Waals surface area contributed by atoms with Crippen LogP contribution < -0.4 is 10.1 Å². The summed E-state index contributed by atoms with van der Waals surface area (Å²) >= 11 is 3.36. The Bertz CT molecular complexity index is 713. The topological polar surface area (TPSA) is 55.4 Å². The number of benzene rings is 2. The molecule has 2 aromatic rings. The van der Waals surface area contributed by atoms with E-state index >= 15 is 0 Å². The molecule has 1 N–H and O–H groups in total. The van der Waals surface area contributed by atoms with Crippen molar-refractivity contribution in [2.75, 3.05) is 19.0 Å². The lowest BCUT2D eigenvalue weighted by Crippen LogP contribution is -2.14. The third-order valence-electron chi connectivity index (χ3n) is 3.20. The van der Waals surface area contributed by atoms with Crippen LogP contribution in [0.4, 0.5) is 5.69 Å². The van der Waals surface area contributed by atoms with E-state index in [0.29, 0.717) is 16.9 Å². The highest BCUT2D eigenvalue weighted by Crippen LogP contribution is 2.25. The van der Waals surface area contributed by atoms with Crippen molar-refractivity contribution < 1.29 is 14.3 Å². The summed E-state index contributed by atoms with van der Waals surface area (Å²) in [6.07, 6.45) is 0. The van der Waals surface area contributed by atoms with E-state index in [1.54, 1.807) is 43.5 Å². The third-order valence-corrected chi connectivity index (χ3v) is 3.82. The molecule has 2 rings (SSSR count). The van der Waals surface area contributed by atoms with Gasteiger partial charge in [-0.2, -0.15) is 0 Å². The van der Waals surface area contributed by atoms with Gasteiger partial charge in [-0.15, -0.1) is 0 Å². The number of carbonyl (C=O) groups excluding carboxylic acids is 2. The standard InChI is InChI=1S/C17H16BrNO3/c1-11(20)12-4-3-5-14(8-12)19-10-16(21)13-6-7-17(22-2)15(18)9-13/h3-9,19H,10H2,1-2H3. The van der Waals surface area contributed by atoms with Crippen molar-refractivity contribution in [3.63, 3.8) is 0 Å². The molecule has 0 saturated carbocycles. The van der Waals surface area contributed by atoms with Gasteiger partial charge >= 0.3 is 0 Å². The molecule has 4 nitrogen and oxygen atoms in total. The van der Waals surface area contributed by atoms with Crippen LogP contribution in [0.25, 0.3) is 0 Å². The number of methoxy groups -OCH3 is 1. The second-order valence-electron chi connectivity index (χ2n) is 4.76. The maximum atomic E-state index is 12.2. The highest BCUT2D eigenvalue weighted by atomic mass is 79.9. The summed E-state index contributed by atoms with van der Waals surface area (Å²) in [5.41, 5.74) is 1.95. The van der Waals surface area contributed by atoms with Crippen LogP contribution in [0.2, 0.25) is 0 Å². The number of hydrogen-bond donors (Lipinski definition) is 1. The average Bonchev–Trinajstić information content (AvgIpc) is 2.52. The number of hydrogen-bond acceptors (Lipinski definition) is 4. The first kappa shape index (κ1) is 16.2. The van der Waals surface area contributed by atoms with E-state index in [0.717, 1.165) is 10.2 Å². The first-order valence-corrected chi connectivity index (χ1v) is 7.52. The number of ether oxygens (including phenoxy) is 1. The summed E-state index contributed by atoms with van der Waals surface area (Å²) in [6, 6.07) is 12.3. The number of nitrogens with one attached hydrogen (secondary N) is 1. The Kier molecular flexibility index (Phi) is 5.33. The molecule has 0 aliphatic rings. The van der Waals surface area contributed by atoms with Gasteiger partial charge in [-0.3, -0.25) is 9.59 Å². The zero-order valence-corrected chi connectivity index (χ0v) is 13.9. The second kappa shape index (κ2) is 7.22. The summed E-state index contributed by atoms with van der Waals surface area (Å²) in [5, 5.41) is 3.04. The minimum absolute atomic E-state index is 0.00550. The highest BCUT2D eigenvalue weighted by Gasteiger charge is 2.09. The van der Waals surface area contributed by atoms with Crippen molar-refractivity contribution in [3.8, 4) is 5.75 Å². The molecular weight excluding hydrogens is 346 g/mol. The minimum atomic E-state index is -0.0448. The molecule has 2 aromatic carbocycles. The van der Waals surface area contributed by atoms with Crippen molar-refractivity contribution >= 4 is 33.2 Å². The molecule has 22 heavy (non-hydrogen) atoms. The molecule has 0 spiro atoms. The van der Waals surface area contributed by atoms with E-state index in [4.69, 9.17) is 4.74 Å². The zero-order chi connectivity index (χ0) is 16.1. The van der Waals surface area contributed by atoms with E-state index in [1.165, 1.54) is 6.92 Å². The third kappa shape index (κ3) is 3.95. The molecule has 0 aromatic heterocycles. The van der Waals surface area contributed by atoms with Gasteiger partial charge in [-0.25, -0.2) is 0 Å². The second-order valence-corrected chi connectivity index (χ2v) is 5.62. The molecule has 114 valence electrons. The van der Waals surface area contributed by atoms with Crippen LogP contribution in [0.3, 0.4) is 0 Å². The van der Waals surface area contributed by atoms with E-state index in [-0.39, 0.29) is 18.1 Å². The quantitative estimate of drug-likeness (QED) is 0.791. The molecule has 0 saturated heterocycles. The zero-order valence-electron chi connectivity index (χ0n) is 12.4. The predicted octanol–water partition coefficient (Wildman–Crippen LogP) is 3.96. The summed E-state index contributed by atoms with van der Waals surface area (Å²) in [7, 11) is 1.57. The fourth-order valence-electron chi connectivity index (χ4n) is 1.97. The van der Waals surface area contributed by atoms with E-state index in [9.17, 15) is 9.59 Å². The van der Waals surface area contributed by atoms with Crippen molar-refractivity contribution in [3.05, 3.63) is 58.1 Å². The van der Waals surface area contributed by atoms with Crippen molar-refractivity contribution in [1.82, 2.24) is 0 Å². The van der Waals surface area contributed by atoms with Crippen LogP contribution in [-0.4, -0.2) is 25.2 Å². The number of carbonyl (C=O) groups is 2. The number of ketones is 2. The molecule has 0 radical (unpaired) electrons. The molecule has 0 heterocycles. The summed E-state index contributed by atoms with van der Waals surface area (Å²) < 4.78 is 5.87. The Morgan fingerprint density at radius 3 is 2.55 bits per heavy atom. The number of halogens is 1. The lowest BCUT2D eigenvalue weighted by molar-refractivity contribution is 0.100. The largest absolute Gasteiger partial charge is 0.496 e. The summed E-state index contributed by atoms with van der Waals surface area (Å²) in [5.74, 6) is 0.629. The van der Waals surface area contributed by atoms with Gasteiger partial charge in [0.25, 0.3) is 0 Å². The lowest BCUT2D eigenvalue weighted by atomic mass is 10.1. The number of anilines is 1. The van der Waals surface area contributed by atoms with E-state index in [2.05, 4.69) is 21.2 Å². The SMILES string of the molecule is COc1ccc(C(=O)CNc2cccc(C(C)=O)c2)cc1Br. The van der Waals surface area contributed by atoms with Crippen LogP contribution >= 0.6 is 15.9 Å². The lowest BCUT2D eigenvalue weighted by Gasteiger charge is -2.08. The van der Waals surface area contributed by atoms with Crippen LogP contribution in [-0.2, 0) is 0 Å². The van der Waals surface area contributed by atoms with E-state index in [1.807, 2.05) is 6.07 Å². The molecule has 0 aliphatic heterocycles. The molecule has 5 heteroatoms. The van der Waals surface area contributed by atoms with Crippen molar-refractivity contribution in [2.45, 2.75) is 6.92 Å². The molecular formula is C17H16BrNO3. The minimum Gasteiger partial charge on any atom is -0.496 e. The number of rotatable bonds is 6. The van der Waals surface area contributed by atoms with Gasteiger partial charge in [-0.1, -0.05) is 12.1 Å². The first-order chi connectivity index (χ1) is 10.5. The Balaban J connectivity index is 2.05. The van der Waals surface area contributed by atoms with Gasteiger partial charge in [0.1, 0.15) is 5.75 Å². The van der Waals surface area contributed by atoms with Crippen molar-refractivity contribution in [1.29, 1.82) is 0 Å². The van der Waals surface area contributed by atoms with Gasteiger partial charge in [0, 0.05) is 16.8 Å². The Hall–Kier alpha value is -2.14. The normalized spacial score (nSPS) is 10.1. The molecule has 0 amide bonds. The van der Waals surface area contributed by atoms with Crippen molar-refractivity contribution in [2.24, 2.45) is 0 Å². The monoisotopic (exact) mass is 361 g/mol. The molecule has 0 fully saturated rings.